The molecule has 2 N–H and O–H groups in total. The van der Waals surface area contributed by atoms with Crippen LogP contribution in [0.15, 0.2) is 18.2 Å². The van der Waals surface area contributed by atoms with Gasteiger partial charge in [-0.05, 0) is 37.1 Å². The largest absolute Gasteiger partial charge is 0.351 e. The van der Waals surface area contributed by atoms with Crippen molar-refractivity contribution in [3.63, 3.8) is 0 Å². The van der Waals surface area contributed by atoms with Crippen LogP contribution in [0, 0.1) is 11.6 Å². The predicted molar refractivity (Wildman–Crippen MR) is 66.5 cm³/mol. The lowest BCUT2D eigenvalue weighted by atomic mass is 10.2. The Bertz CT molecular complexity index is 423. The summed E-state index contributed by atoms with van der Waals surface area (Å²) >= 11 is 0. The Hall–Kier alpha value is -1.20. The predicted octanol–water partition coefficient (Wildman–Crippen LogP) is 1.75. The average molecular weight is 277 g/mol. The molecule has 1 atom stereocenters. The monoisotopic (exact) mass is 276 g/mol. The number of nitrogens with one attached hydrogen (secondary N) is 2. The third kappa shape index (κ3) is 3.65. The smallest absolute Gasteiger partial charge is 0.237 e. The zero-order chi connectivity index (χ0) is 12.3. The number of carbonyl (C=O) groups is 1. The highest BCUT2D eigenvalue weighted by Crippen LogP contribution is 2.09. The normalized spacial score (nSPS) is 18.2. The van der Waals surface area contributed by atoms with Crippen molar-refractivity contribution in [3.8, 4) is 0 Å². The summed E-state index contributed by atoms with van der Waals surface area (Å²) in [6.07, 6.45) is 1.81. The highest BCUT2D eigenvalue weighted by atomic mass is 35.5. The van der Waals surface area contributed by atoms with Gasteiger partial charge in [-0.1, -0.05) is 6.07 Å². The molecule has 2 rings (SSSR count). The van der Waals surface area contributed by atoms with Crippen molar-refractivity contribution in [3.05, 3.63) is 35.4 Å². The average Bonchev–Trinajstić information content (AvgIpc) is 2.84. The maximum Gasteiger partial charge on any atom is 0.237 e. The molecule has 1 aliphatic heterocycles. The van der Waals surface area contributed by atoms with E-state index in [-0.39, 0.29) is 30.9 Å². The molecule has 6 heteroatoms. The molecule has 18 heavy (non-hydrogen) atoms. The molecule has 0 spiro atoms. The quantitative estimate of drug-likeness (QED) is 0.883. The fourth-order valence-electron chi connectivity index (χ4n) is 1.87. The van der Waals surface area contributed by atoms with E-state index in [4.69, 9.17) is 0 Å². The van der Waals surface area contributed by atoms with Gasteiger partial charge in [-0.2, -0.15) is 0 Å². The number of hydrogen-bond donors (Lipinski definition) is 2. The van der Waals surface area contributed by atoms with Gasteiger partial charge in [0, 0.05) is 6.54 Å². The number of amides is 1. The van der Waals surface area contributed by atoms with E-state index in [0.717, 1.165) is 31.5 Å². The van der Waals surface area contributed by atoms with Crippen LogP contribution >= 0.6 is 12.4 Å². The summed E-state index contributed by atoms with van der Waals surface area (Å²) in [5.74, 6) is -1.86. The van der Waals surface area contributed by atoms with Crippen molar-refractivity contribution in [1.29, 1.82) is 0 Å². The number of carbonyl (C=O) groups excluding carboxylic acids is 1. The van der Waals surface area contributed by atoms with Crippen LogP contribution in [0.3, 0.4) is 0 Å². The third-order valence-electron chi connectivity index (χ3n) is 2.83. The highest BCUT2D eigenvalue weighted by Gasteiger charge is 2.21. The molecule has 0 bridgehead atoms. The van der Waals surface area contributed by atoms with E-state index in [1.165, 1.54) is 6.07 Å². The van der Waals surface area contributed by atoms with Gasteiger partial charge in [0.25, 0.3) is 0 Å². The number of hydrogen-bond acceptors (Lipinski definition) is 2. The SMILES string of the molecule is Cl.O=C(NCc1ccc(F)c(F)c1)C1CCCN1. The topological polar surface area (TPSA) is 41.1 Å². The van der Waals surface area contributed by atoms with Crippen molar-refractivity contribution >= 4 is 18.3 Å². The van der Waals surface area contributed by atoms with Gasteiger partial charge in [0.1, 0.15) is 0 Å². The van der Waals surface area contributed by atoms with Crippen LogP contribution in [0.1, 0.15) is 18.4 Å². The van der Waals surface area contributed by atoms with E-state index in [0.29, 0.717) is 5.56 Å². The van der Waals surface area contributed by atoms with Gasteiger partial charge in [0.15, 0.2) is 11.6 Å². The fraction of sp³-hybridized carbons (Fsp3) is 0.417. The zero-order valence-electron chi connectivity index (χ0n) is 9.71. The molecule has 1 aliphatic rings. The Kier molecular flexibility index (Phi) is 5.50. The first-order valence-corrected chi connectivity index (χ1v) is 5.62. The van der Waals surface area contributed by atoms with Crippen molar-refractivity contribution < 1.29 is 13.6 Å². The van der Waals surface area contributed by atoms with Crippen molar-refractivity contribution in [2.24, 2.45) is 0 Å². The minimum Gasteiger partial charge on any atom is -0.351 e. The second-order valence-corrected chi connectivity index (χ2v) is 4.12. The van der Waals surface area contributed by atoms with Crippen LogP contribution in [-0.2, 0) is 11.3 Å². The van der Waals surface area contributed by atoms with E-state index in [1.807, 2.05) is 0 Å². The molecule has 1 aromatic rings. The molecule has 1 fully saturated rings. The van der Waals surface area contributed by atoms with Gasteiger partial charge in [0.05, 0.1) is 6.04 Å². The molecular weight excluding hydrogens is 262 g/mol. The lowest BCUT2D eigenvalue weighted by molar-refractivity contribution is -0.122. The highest BCUT2D eigenvalue weighted by molar-refractivity contribution is 5.85. The van der Waals surface area contributed by atoms with Crippen LogP contribution in [0.2, 0.25) is 0 Å². The summed E-state index contributed by atoms with van der Waals surface area (Å²) in [5.41, 5.74) is 0.551. The summed E-state index contributed by atoms with van der Waals surface area (Å²) in [6, 6.07) is 3.46. The second kappa shape index (κ2) is 6.66. The van der Waals surface area contributed by atoms with Crippen molar-refractivity contribution in [2.45, 2.75) is 25.4 Å². The fourth-order valence-corrected chi connectivity index (χ4v) is 1.87. The molecule has 0 saturated carbocycles. The van der Waals surface area contributed by atoms with Crippen LogP contribution in [0.5, 0.6) is 0 Å². The molecule has 0 radical (unpaired) electrons. The molecule has 1 unspecified atom stereocenters. The van der Waals surface area contributed by atoms with Gasteiger partial charge in [-0.15, -0.1) is 12.4 Å². The van der Waals surface area contributed by atoms with Crippen LogP contribution < -0.4 is 10.6 Å². The Labute approximate surface area is 110 Å². The minimum absolute atomic E-state index is 0. The summed E-state index contributed by atoms with van der Waals surface area (Å²) in [6.45, 7) is 1.07. The Balaban J connectivity index is 0.00000162. The summed E-state index contributed by atoms with van der Waals surface area (Å²) < 4.78 is 25.6. The van der Waals surface area contributed by atoms with Gasteiger partial charge >= 0.3 is 0 Å². The van der Waals surface area contributed by atoms with E-state index in [1.54, 1.807) is 0 Å². The van der Waals surface area contributed by atoms with Crippen LogP contribution in [0.25, 0.3) is 0 Å². The number of benzene rings is 1. The molecule has 1 saturated heterocycles. The number of halogens is 3. The molecule has 1 amide bonds. The Morgan fingerprint density at radius 3 is 2.78 bits per heavy atom. The molecule has 100 valence electrons. The standard InChI is InChI=1S/C12H14F2N2O.ClH/c13-9-4-3-8(6-10(9)14)7-16-12(17)11-2-1-5-15-11;/h3-4,6,11,15H,1-2,5,7H2,(H,16,17);1H. The van der Waals surface area contributed by atoms with Gasteiger partial charge in [0.2, 0.25) is 5.91 Å². The lowest BCUT2D eigenvalue weighted by Crippen LogP contribution is -2.40. The first-order chi connectivity index (χ1) is 8.16. The van der Waals surface area contributed by atoms with Crippen LogP contribution in [0.4, 0.5) is 8.78 Å². The summed E-state index contributed by atoms with van der Waals surface area (Å²) in [4.78, 5) is 11.6. The number of rotatable bonds is 3. The van der Waals surface area contributed by atoms with Gasteiger partial charge in [-0.3, -0.25) is 4.79 Å². The maximum atomic E-state index is 12.9. The summed E-state index contributed by atoms with van der Waals surface area (Å²) in [5, 5.41) is 5.76. The van der Waals surface area contributed by atoms with Gasteiger partial charge < -0.3 is 10.6 Å². The second-order valence-electron chi connectivity index (χ2n) is 4.12. The Morgan fingerprint density at radius 1 is 1.39 bits per heavy atom. The minimum atomic E-state index is -0.893. The lowest BCUT2D eigenvalue weighted by Gasteiger charge is -2.11. The summed E-state index contributed by atoms with van der Waals surface area (Å²) in [7, 11) is 0. The molecule has 0 aliphatic carbocycles. The van der Waals surface area contributed by atoms with E-state index in [9.17, 15) is 13.6 Å². The third-order valence-corrected chi connectivity index (χ3v) is 2.83. The molecule has 0 aromatic heterocycles. The van der Waals surface area contributed by atoms with Crippen molar-refractivity contribution in [1.82, 2.24) is 10.6 Å². The first-order valence-electron chi connectivity index (χ1n) is 5.62. The molecular formula is C12H15ClF2N2O. The first kappa shape index (κ1) is 14.9. The Morgan fingerprint density at radius 2 is 2.17 bits per heavy atom. The van der Waals surface area contributed by atoms with E-state index in [2.05, 4.69) is 10.6 Å². The van der Waals surface area contributed by atoms with Gasteiger partial charge in [-0.25, -0.2) is 8.78 Å². The molecule has 1 aromatic carbocycles. The van der Waals surface area contributed by atoms with Crippen molar-refractivity contribution in [2.75, 3.05) is 6.54 Å². The maximum absolute atomic E-state index is 12.9. The van der Waals surface area contributed by atoms with E-state index < -0.39 is 11.6 Å². The van der Waals surface area contributed by atoms with E-state index >= 15 is 0 Å². The zero-order valence-corrected chi connectivity index (χ0v) is 10.5. The van der Waals surface area contributed by atoms with Crippen LogP contribution in [-0.4, -0.2) is 18.5 Å². The molecule has 1 heterocycles. The molecule has 3 nitrogen and oxygen atoms in total.